The van der Waals surface area contributed by atoms with Crippen LogP contribution >= 0.6 is 0 Å². The standard InChI is InChI=1S/C26H30O2/c1-2-3-19-24(27)20-25(21-13-7-4-8-14-21)26(28,22-15-9-5-10-16-22)23-17-11-6-12-18-23/h4-18,24-25,27-28H,2-3,19-20H2,1H3/t24-,25?/m1/s1. The summed E-state index contributed by atoms with van der Waals surface area (Å²) in [4.78, 5) is 0. The average molecular weight is 375 g/mol. The van der Waals surface area contributed by atoms with Crippen molar-refractivity contribution in [1.82, 2.24) is 0 Å². The number of benzene rings is 3. The van der Waals surface area contributed by atoms with Gasteiger partial charge in [-0.05, 0) is 29.5 Å². The molecule has 0 fully saturated rings. The lowest BCUT2D eigenvalue weighted by Gasteiger charge is -2.39. The molecular formula is C26H30O2. The third-order valence-electron chi connectivity index (χ3n) is 5.53. The monoisotopic (exact) mass is 374 g/mol. The van der Waals surface area contributed by atoms with Gasteiger partial charge in [-0.2, -0.15) is 0 Å². The molecule has 2 heteroatoms. The molecule has 0 spiro atoms. The van der Waals surface area contributed by atoms with E-state index >= 15 is 0 Å². The van der Waals surface area contributed by atoms with Crippen molar-refractivity contribution < 1.29 is 10.2 Å². The normalized spacial score (nSPS) is 13.8. The van der Waals surface area contributed by atoms with Gasteiger partial charge >= 0.3 is 0 Å². The van der Waals surface area contributed by atoms with Crippen molar-refractivity contribution in [3.05, 3.63) is 108 Å². The fourth-order valence-corrected chi connectivity index (χ4v) is 4.02. The molecule has 28 heavy (non-hydrogen) atoms. The minimum atomic E-state index is -1.23. The van der Waals surface area contributed by atoms with Crippen molar-refractivity contribution in [2.45, 2.75) is 50.2 Å². The second kappa shape index (κ2) is 9.68. The Bertz CT molecular complexity index is 775. The number of aliphatic hydroxyl groups is 2. The van der Waals surface area contributed by atoms with Crippen LogP contribution in [-0.2, 0) is 5.60 Å². The van der Waals surface area contributed by atoms with E-state index in [0.29, 0.717) is 6.42 Å². The van der Waals surface area contributed by atoms with Gasteiger partial charge in [0.05, 0.1) is 6.10 Å². The first kappa shape index (κ1) is 20.3. The van der Waals surface area contributed by atoms with Gasteiger partial charge in [0.15, 0.2) is 0 Å². The van der Waals surface area contributed by atoms with E-state index in [1.54, 1.807) is 0 Å². The molecular weight excluding hydrogens is 344 g/mol. The van der Waals surface area contributed by atoms with Crippen LogP contribution in [0.3, 0.4) is 0 Å². The lowest BCUT2D eigenvalue weighted by molar-refractivity contribution is 0.0233. The van der Waals surface area contributed by atoms with Crippen LogP contribution in [0.4, 0.5) is 0 Å². The van der Waals surface area contributed by atoms with E-state index in [1.807, 2.05) is 91.0 Å². The van der Waals surface area contributed by atoms with Crippen LogP contribution in [0.2, 0.25) is 0 Å². The molecule has 0 aliphatic rings. The molecule has 0 amide bonds. The Morgan fingerprint density at radius 2 is 1.21 bits per heavy atom. The van der Waals surface area contributed by atoms with Crippen LogP contribution in [0.1, 0.15) is 55.2 Å². The van der Waals surface area contributed by atoms with Crippen molar-refractivity contribution in [1.29, 1.82) is 0 Å². The minimum absolute atomic E-state index is 0.259. The SMILES string of the molecule is CCCC[C@@H](O)CC(c1ccccc1)C(O)(c1ccccc1)c1ccccc1. The average Bonchev–Trinajstić information content (AvgIpc) is 2.77. The number of hydrogen-bond acceptors (Lipinski definition) is 2. The zero-order valence-electron chi connectivity index (χ0n) is 16.5. The fraction of sp³-hybridized carbons (Fsp3) is 0.308. The highest BCUT2D eigenvalue weighted by atomic mass is 16.3. The molecule has 0 aliphatic carbocycles. The van der Waals surface area contributed by atoms with E-state index in [9.17, 15) is 10.2 Å². The maximum atomic E-state index is 12.2. The summed E-state index contributed by atoms with van der Waals surface area (Å²) in [6.45, 7) is 2.13. The highest BCUT2D eigenvalue weighted by Gasteiger charge is 2.41. The maximum absolute atomic E-state index is 12.2. The summed E-state index contributed by atoms with van der Waals surface area (Å²) >= 11 is 0. The second-order valence-corrected chi connectivity index (χ2v) is 7.49. The van der Waals surface area contributed by atoms with Gasteiger partial charge in [-0.3, -0.25) is 0 Å². The van der Waals surface area contributed by atoms with Crippen LogP contribution in [0, 0.1) is 0 Å². The summed E-state index contributed by atoms with van der Waals surface area (Å²) in [6, 6.07) is 29.7. The summed E-state index contributed by atoms with van der Waals surface area (Å²) in [5, 5.41) is 23.0. The van der Waals surface area contributed by atoms with Crippen LogP contribution < -0.4 is 0 Å². The van der Waals surface area contributed by atoms with Crippen molar-refractivity contribution >= 4 is 0 Å². The van der Waals surface area contributed by atoms with Crippen molar-refractivity contribution in [2.75, 3.05) is 0 Å². The molecule has 0 heterocycles. The van der Waals surface area contributed by atoms with Gasteiger partial charge in [0.2, 0.25) is 0 Å². The van der Waals surface area contributed by atoms with Crippen LogP contribution in [0.15, 0.2) is 91.0 Å². The first-order chi connectivity index (χ1) is 13.7. The van der Waals surface area contributed by atoms with Gasteiger partial charge in [-0.25, -0.2) is 0 Å². The Morgan fingerprint density at radius 3 is 1.68 bits per heavy atom. The molecule has 0 saturated carbocycles. The Labute approximate surface area is 168 Å². The molecule has 1 unspecified atom stereocenters. The highest BCUT2D eigenvalue weighted by Crippen LogP contribution is 2.45. The van der Waals surface area contributed by atoms with Gasteiger partial charge in [-0.15, -0.1) is 0 Å². The smallest absolute Gasteiger partial charge is 0.121 e. The molecule has 0 radical (unpaired) electrons. The summed E-state index contributed by atoms with van der Waals surface area (Å²) in [5.41, 5.74) is 1.50. The molecule has 146 valence electrons. The van der Waals surface area contributed by atoms with Crippen LogP contribution in [-0.4, -0.2) is 16.3 Å². The molecule has 3 aromatic carbocycles. The lowest BCUT2D eigenvalue weighted by atomic mass is 9.70. The largest absolute Gasteiger partial charge is 0.393 e. The number of hydrogen-bond donors (Lipinski definition) is 2. The molecule has 0 aliphatic heterocycles. The Balaban J connectivity index is 2.11. The van der Waals surface area contributed by atoms with Gasteiger partial charge in [0.25, 0.3) is 0 Å². The molecule has 0 aromatic heterocycles. The van der Waals surface area contributed by atoms with Crippen molar-refractivity contribution in [3.8, 4) is 0 Å². The van der Waals surface area contributed by atoms with Crippen LogP contribution in [0.25, 0.3) is 0 Å². The zero-order valence-corrected chi connectivity index (χ0v) is 16.5. The summed E-state index contributed by atoms with van der Waals surface area (Å²) in [6.07, 6.45) is 2.83. The highest BCUT2D eigenvalue weighted by molar-refractivity contribution is 5.41. The van der Waals surface area contributed by atoms with E-state index in [0.717, 1.165) is 36.0 Å². The van der Waals surface area contributed by atoms with Gasteiger partial charge in [0, 0.05) is 5.92 Å². The van der Waals surface area contributed by atoms with Crippen molar-refractivity contribution in [3.63, 3.8) is 0 Å². The van der Waals surface area contributed by atoms with E-state index < -0.39 is 11.7 Å². The first-order valence-electron chi connectivity index (χ1n) is 10.2. The third kappa shape index (κ3) is 4.52. The van der Waals surface area contributed by atoms with E-state index in [4.69, 9.17) is 0 Å². The quantitative estimate of drug-likeness (QED) is 0.508. The lowest BCUT2D eigenvalue weighted by Crippen LogP contribution is -2.37. The number of aliphatic hydroxyl groups excluding tert-OH is 1. The zero-order chi connectivity index (χ0) is 19.8. The Morgan fingerprint density at radius 1 is 0.750 bits per heavy atom. The summed E-state index contributed by atoms with van der Waals surface area (Å²) in [5.74, 6) is -0.259. The molecule has 3 aromatic rings. The summed E-state index contributed by atoms with van der Waals surface area (Å²) in [7, 11) is 0. The predicted octanol–water partition coefficient (Wildman–Crippen LogP) is 5.65. The fourth-order valence-electron chi connectivity index (χ4n) is 4.02. The molecule has 0 saturated heterocycles. The number of unbranched alkanes of at least 4 members (excludes halogenated alkanes) is 1. The van der Waals surface area contributed by atoms with Crippen molar-refractivity contribution in [2.24, 2.45) is 0 Å². The van der Waals surface area contributed by atoms with E-state index in [2.05, 4.69) is 6.92 Å². The molecule has 2 N–H and O–H groups in total. The minimum Gasteiger partial charge on any atom is -0.393 e. The predicted molar refractivity (Wildman–Crippen MR) is 115 cm³/mol. The molecule has 2 nitrogen and oxygen atoms in total. The Hall–Kier alpha value is -2.42. The third-order valence-corrected chi connectivity index (χ3v) is 5.53. The number of rotatable bonds is 9. The van der Waals surface area contributed by atoms with Gasteiger partial charge in [0.1, 0.15) is 5.60 Å². The molecule has 3 rings (SSSR count). The van der Waals surface area contributed by atoms with Gasteiger partial charge < -0.3 is 10.2 Å². The van der Waals surface area contributed by atoms with E-state index in [1.165, 1.54) is 0 Å². The van der Waals surface area contributed by atoms with Gasteiger partial charge in [-0.1, -0.05) is 111 Å². The molecule has 2 atom stereocenters. The topological polar surface area (TPSA) is 40.5 Å². The maximum Gasteiger partial charge on any atom is 0.121 e. The summed E-state index contributed by atoms with van der Waals surface area (Å²) < 4.78 is 0. The second-order valence-electron chi connectivity index (χ2n) is 7.49. The Kier molecular flexibility index (Phi) is 7.02. The first-order valence-corrected chi connectivity index (χ1v) is 10.2. The molecule has 0 bridgehead atoms. The van der Waals surface area contributed by atoms with E-state index in [-0.39, 0.29) is 5.92 Å². The van der Waals surface area contributed by atoms with Crippen LogP contribution in [0.5, 0.6) is 0 Å².